The molecule has 138 valence electrons. The number of carbonyl (C=O) groups is 1. The van der Waals surface area contributed by atoms with E-state index < -0.39 is 0 Å². The molecule has 3 unspecified atom stereocenters. The van der Waals surface area contributed by atoms with Crippen molar-refractivity contribution in [2.75, 3.05) is 13.1 Å². The highest BCUT2D eigenvalue weighted by Crippen LogP contribution is 2.37. The zero-order valence-corrected chi connectivity index (χ0v) is 15.5. The molecular weight excluding hydrogens is 336 g/mol. The van der Waals surface area contributed by atoms with Crippen molar-refractivity contribution in [1.29, 1.82) is 0 Å². The van der Waals surface area contributed by atoms with Gasteiger partial charge in [-0.2, -0.15) is 0 Å². The molecule has 1 aromatic heterocycles. The number of hydrogen-bond donors (Lipinski definition) is 1. The molecule has 2 fully saturated rings. The molecule has 3 atom stereocenters. The number of likely N-dealkylation sites (tertiary alicyclic amines) is 1. The van der Waals surface area contributed by atoms with Gasteiger partial charge in [0, 0.05) is 30.4 Å². The van der Waals surface area contributed by atoms with Gasteiger partial charge >= 0.3 is 0 Å². The Kier molecular flexibility index (Phi) is 3.79. The van der Waals surface area contributed by atoms with Crippen molar-refractivity contribution in [1.82, 2.24) is 14.5 Å². The molecule has 0 bridgehead atoms. The zero-order valence-electron chi connectivity index (χ0n) is 15.5. The lowest BCUT2D eigenvalue weighted by molar-refractivity contribution is 0.0779. The van der Waals surface area contributed by atoms with Crippen molar-refractivity contribution < 1.29 is 4.79 Å². The maximum absolute atomic E-state index is 13.0. The molecule has 27 heavy (non-hydrogen) atoms. The molecule has 2 aliphatic rings. The number of aromatic nitrogens is 2. The van der Waals surface area contributed by atoms with Crippen LogP contribution in [0.2, 0.25) is 0 Å². The summed E-state index contributed by atoms with van der Waals surface area (Å²) in [6, 6.07) is 16.3. The van der Waals surface area contributed by atoms with Gasteiger partial charge in [0.2, 0.25) is 0 Å². The number of para-hydroxylation sites is 1. The van der Waals surface area contributed by atoms with Gasteiger partial charge in [-0.05, 0) is 61.9 Å². The number of nitrogens with two attached hydrogens (primary N) is 1. The van der Waals surface area contributed by atoms with Gasteiger partial charge in [-0.1, -0.05) is 18.2 Å². The van der Waals surface area contributed by atoms with Crippen LogP contribution in [0.1, 0.15) is 29.0 Å². The monoisotopic (exact) mass is 360 g/mol. The van der Waals surface area contributed by atoms with E-state index in [0.717, 1.165) is 48.5 Å². The van der Waals surface area contributed by atoms with Crippen molar-refractivity contribution in [2.45, 2.75) is 25.8 Å². The lowest BCUT2D eigenvalue weighted by Crippen LogP contribution is -2.33. The predicted molar refractivity (Wildman–Crippen MR) is 106 cm³/mol. The molecular formula is C22H24N4O. The summed E-state index contributed by atoms with van der Waals surface area (Å²) in [7, 11) is 0. The van der Waals surface area contributed by atoms with Crippen LogP contribution in [0, 0.1) is 18.8 Å². The van der Waals surface area contributed by atoms with Gasteiger partial charge < -0.3 is 10.6 Å². The highest BCUT2D eigenvalue weighted by Gasteiger charge is 2.42. The van der Waals surface area contributed by atoms with Gasteiger partial charge in [-0.15, -0.1) is 0 Å². The van der Waals surface area contributed by atoms with Crippen LogP contribution < -0.4 is 5.73 Å². The number of imidazole rings is 1. The Labute approximate surface area is 158 Å². The highest BCUT2D eigenvalue weighted by atomic mass is 16.2. The number of fused-ring (bicyclic) bond motifs is 2. The number of amides is 1. The van der Waals surface area contributed by atoms with Crippen molar-refractivity contribution in [3.63, 3.8) is 0 Å². The molecule has 5 nitrogen and oxygen atoms in total. The molecule has 3 aromatic rings. The van der Waals surface area contributed by atoms with Crippen LogP contribution in [0.4, 0.5) is 0 Å². The first-order valence-electron chi connectivity index (χ1n) is 9.71. The SMILES string of the molecule is Cc1nc2cc(C(=O)N3CC4CCC(N)C4C3)ccc2n1-c1ccccc1. The summed E-state index contributed by atoms with van der Waals surface area (Å²) < 4.78 is 2.13. The Morgan fingerprint density at radius 2 is 1.93 bits per heavy atom. The van der Waals surface area contributed by atoms with Crippen LogP contribution in [0.15, 0.2) is 48.5 Å². The Balaban J connectivity index is 1.46. The second-order valence-electron chi connectivity index (χ2n) is 7.91. The second-order valence-corrected chi connectivity index (χ2v) is 7.91. The van der Waals surface area contributed by atoms with Crippen LogP contribution in [-0.2, 0) is 0 Å². The average molecular weight is 360 g/mol. The van der Waals surface area contributed by atoms with Crippen molar-refractivity contribution in [2.24, 2.45) is 17.6 Å². The predicted octanol–water partition coefficient (Wildman–Crippen LogP) is 3.14. The van der Waals surface area contributed by atoms with Crippen LogP contribution in [0.25, 0.3) is 16.7 Å². The quantitative estimate of drug-likeness (QED) is 0.764. The number of hydrogen-bond acceptors (Lipinski definition) is 3. The first-order valence-corrected chi connectivity index (χ1v) is 9.71. The molecule has 2 heterocycles. The van der Waals surface area contributed by atoms with E-state index >= 15 is 0 Å². The lowest BCUT2D eigenvalue weighted by Gasteiger charge is -2.19. The Bertz CT molecular complexity index is 1010. The third-order valence-electron chi connectivity index (χ3n) is 6.28. The largest absolute Gasteiger partial charge is 0.338 e. The van der Waals surface area contributed by atoms with E-state index in [4.69, 9.17) is 10.7 Å². The third kappa shape index (κ3) is 2.65. The number of rotatable bonds is 2. The van der Waals surface area contributed by atoms with Crippen LogP contribution >= 0.6 is 0 Å². The minimum absolute atomic E-state index is 0.102. The molecule has 5 heteroatoms. The van der Waals surface area contributed by atoms with Gasteiger partial charge in [0.15, 0.2) is 0 Å². The summed E-state index contributed by atoms with van der Waals surface area (Å²) in [4.78, 5) is 19.7. The summed E-state index contributed by atoms with van der Waals surface area (Å²) in [5, 5.41) is 0. The van der Waals surface area contributed by atoms with Crippen molar-refractivity contribution >= 4 is 16.9 Å². The minimum Gasteiger partial charge on any atom is -0.338 e. The fraction of sp³-hybridized carbons (Fsp3) is 0.364. The lowest BCUT2D eigenvalue weighted by atomic mass is 9.98. The fourth-order valence-corrected chi connectivity index (χ4v) is 4.89. The first-order chi connectivity index (χ1) is 13.1. The molecule has 0 spiro atoms. The topological polar surface area (TPSA) is 64.2 Å². The molecule has 2 N–H and O–H groups in total. The summed E-state index contributed by atoms with van der Waals surface area (Å²) in [6.07, 6.45) is 2.24. The Hall–Kier alpha value is -2.66. The van der Waals surface area contributed by atoms with Crippen molar-refractivity contribution in [3.8, 4) is 5.69 Å². The van der Waals surface area contributed by atoms with E-state index in [9.17, 15) is 4.79 Å². The summed E-state index contributed by atoms with van der Waals surface area (Å²) in [5.41, 5.74) is 9.90. The van der Waals surface area contributed by atoms with Gasteiger partial charge in [-0.3, -0.25) is 9.36 Å². The van der Waals surface area contributed by atoms with E-state index in [1.54, 1.807) is 0 Å². The number of nitrogens with zero attached hydrogens (tertiary/aromatic N) is 3. The van der Waals surface area contributed by atoms with E-state index in [2.05, 4.69) is 16.7 Å². The molecule has 2 aromatic carbocycles. The first kappa shape index (κ1) is 16.5. The third-order valence-corrected chi connectivity index (χ3v) is 6.28. The molecule has 5 rings (SSSR count). The number of carbonyl (C=O) groups excluding carboxylic acids is 1. The standard InChI is InChI=1S/C22H24N4O/c1-14-24-20-11-15(8-10-21(20)26(14)17-5-3-2-4-6-17)22(27)25-12-16-7-9-19(23)18(16)13-25/h2-6,8,10-11,16,18-19H,7,9,12-13,23H2,1H3. The van der Waals surface area contributed by atoms with Gasteiger partial charge in [0.05, 0.1) is 11.0 Å². The zero-order chi connectivity index (χ0) is 18.5. The van der Waals surface area contributed by atoms with Crippen molar-refractivity contribution in [3.05, 3.63) is 59.9 Å². The van der Waals surface area contributed by atoms with Gasteiger partial charge in [0.25, 0.3) is 5.91 Å². The normalized spacial score (nSPS) is 24.5. The van der Waals surface area contributed by atoms with Crippen LogP contribution in [0.3, 0.4) is 0 Å². The molecule has 1 aliphatic heterocycles. The van der Waals surface area contributed by atoms with E-state index in [-0.39, 0.29) is 11.9 Å². The van der Waals surface area contributed by atoms with E-state index in [0.29, 0.717) is 17.4 Å². The van der Waals surface area contributed by atoms with E-state index in [1.165, 1.54) is 0 Å². The Morgan fingerprint density at radius 3 is 2.70 bits per heavy atom. The smallest absolute Gasteiger partial charge is 0.253 e. The van der Waals surface area contributed by atoms with Crippen LogP contribution in [0.5, 0.6) is 0 Å². The average Bonchev–Trinajstić information content (AvgIpc) is 3.35. The number of benzene rings is 2. The van der Waals surface area contributed by atoms with E-state index in [1.807, 2.05) is 48.2 Å². The second kappa shape index (κ2) is 6.20. The fourth-order valence-electron chi connectivity index (χ4n) is 4.89. The van der Waals surface area contributed by atoms with Crippen LogP contribution in [-0.4, -0.2) is 39.5 Å². The van der Waals surface area contributed by atoms with Gasteiger partial charge in [-0.25, -0.2) is 4.98 Å². The summed E-state index contributed by atoms with van der Waals surface area (Å²) in [5.74, 6) is 2.07. The maximum Gasteiger partial charge on any atom is 0.253 e. The van der Waals surface area contributed by atoms with Gasteiger partial charge in [0.1, 0.15) is 5.82 Å². The molecule has 1 saturated carbocycles. The summed E-state index contributed by atoms with van der Waals surface area (Å²) in [6.45, 7) is 3.63. The molecule has 1 saturated heterocycles. The Morgan fingerprint density at radius 1 is 1.11 bits per heavy atom. The minimum atomic E-state index is 0.102. The highest BCUT2D eigenvalue weighted by molar-refractivity contribution is 5.97. The molecule has 0 radical (unpaired) electrons. The summed E-state index contributed by atoms with van der Waals surface area (Å²) >= 11 is 0. The maximum atomic E-state index is 13.0. The molecule has 1 amide bonds. The number of aryl methyl sites for hydroxylation is 1. The molecule has 1 aliphatic carbocycles.